The number of rotatable bonds is 7. The van der Waals surface area contributed by atoms with Crippen molar-refractivity contribution in [2.45, 2.75) is 19.8 Å². The third-order valence-electron chi connectivity index (χ3n) is 4.46. The van der Waals surface area contributed by atoms with Crippen LogP contribution in [0.4, 0.5) is 5.69 Å². The Labute approximate surface area is 163 Å². The normalized spacial score (nSPS) is 10.4. The highest BCUT2D eigenvalue weighted by Gasteiger charge is 2.18. The number of aryl methyl sites for hydroxylation is 1. The first-order valence-electron chi connectivity index (χ1n) is 9.03. The summed E-state index contributed by atoms with van der Waals surface area (Å²) in [6, 6.07) is 17.2. The Kier molecular flexibility index (Phi) is 6.07. The molecule has 0 unspecified atom stereocenters. The third-order valence-corrected chi connectivity index (χ3v) is 4.46. The van der Waals surface area contributed by atoms with Gasteiger partial charge in [0.25, 0.3) is 5.91 Å². The highest BCUT2D eigenvalue weighted by Crippen LogP contribution is 2.19. The molecule has 0 atom stereocenters. The quantitative estimate of drug-likeness (QED) is 0.640. The molecule has 0 fully saturated rings. The van der Waals surface area contributed by atoms with E-state index in [4.69, 9.17) is 10.00 Å². The van der Waals surface area contributed by atoms with E-state index < -0.39 is 5.97 Å². The van der Waals surface area contributed by atoms with Crippen LogP contribution in [-0.4, -0.2) is 30.0 Å². The lowest BCUT2D eigenvalue weighted by molar-refractivity contribution is -0.147. The number of para-hydroxylation sites is 1. The molecule has 2 aromatic carbocycles. The highest BCUT2D eigenvalue weighted by atomic mass is 16.5. The van der Waals surface area contributed by atoms with Gasteiger partial charge in [0.2, 0.25) is 0 Å². The first-order chi connectivity index (χ1) is 13.6. The van der Waals surface area contributed by atoms with Gasteiger partial charge in [-0.15, -0.1) is 0 Å². The van der Waals surface area contributed by atoms with E-state index in [1.807, 2.05) is 61.5 Å². The fraction of sp³-hybridized carbons (Fsp3) is 0.227. The van der Waals surface area contributed by atoms with Crippen LogP contribution in [0.15, 0.2) is 54.7 Å². The molecule has 6 nitrogen and oxygen atoms in total. The minimum absolute atomic E-state index is 0.0834. The van der Waals surface area contributed by atoms with Crippen molar-refractivity contribution in [2.75, 3.05) is 18.1 Å². The van der Waals surface area contributed by atoms with Crippen LogP contribution >= 0.6 is 0 Å². The number of carbonyl (C=O) groups excluding carboxylic acids is 2. The van der Waals surface area contributed by atoms with Crippen LogP contribution in [0.25, 0.3) is 10.9 Å². The Morgan fingerprint density at radius 2 is 1.89 bits per heavy atom. The van der Waals surface area contributed by atoms with Gasteiger partial charge in [0.15, 0.2) is 6.61 Å². The maximum Gasteiger partial charge on any atom is 0.310 e. The number of anilines is 1. The first kappa shape index (κ1) is 19.2. The van der Waals surface area contributed by atoms with E-state index in [1.165, 1.54) is 4.90 Å². The topological polar surface area (TPSA) is 86.2 Å². The number of nitriles is 1. The van der Waals surface area contributed by atoms with Crippen LogP contribution in [0.2, 0.25) is 0 Å². The smallest absolute Gasteiger partial charge is 0.310 e. The third kappa shape index (κ3) is 4.57. The van der Waals surface area contributed by atoms with E-state index in [1.54, 1.807) is 6.20 Å². The summed E-state index contributed by atoms with van der Waals surface area (Å²) in [5, 5.41) is 9.82. The van der Waals surface area contributed by atoms with Gasteiger partial charge in [-0.05, 0) is 30.7 Å². The van der Waals surface area contributed by atoms with Crippen LogP contribution < -0.4 is 4.90 Å². The monoisotopic (exact) mass is 375 g/mol. The summed E-state index contributed by atoms with van der Waals surface area (Å²) in [6.45, 7) is 1.84. The molecule has 6 heteroatoms. The fourth-order valence-electron chi connectivity index (χ4n) is 2.99. The van der Waals surface area contributed by atoms with Gasteiger partial charge < -0.3 is 14.6 Å². The summed E-state index contributed by atoms with van der Waals surface area (Å²) in [7, 11) is 0. The summed E-state index contributed by atoms with van der Waals surface area (Å²) < 4.78 is 5.21. The minimum Gasteiger partial charge on any atom is -0.455 e. The van der Waals surface area contributed by atoms with Crippen molar-refractivity contribution in [3.8, 4) is 6.07 Å². The van der Waals surface area contributed by atoms with Gasteiger partial charge in [-0.3, -0.25) is 9.59 Å². The first-order valence-corrected chi connectivity index (χ1v) is 9.03. The molecule has 28 heavy (non-hydrogen) atoms. The van der Waals surface area contributed by atoms with Crippen molar-refractivity contribution in [1.82, 2.24) is 4.98 Å². The molecule has 0 radical (unpaired) electrons. The number of carbonyl (C=O) groups is 2. The Balaban J connectivity index is 1.62. The molecule has 0 bridgehead atoms. The van der Waals surface area contributed by atoms with Gasteiger partial charge >= 0.3 is 5.97 Å². The van der Waals surface area contributed by atoms with Gasteiger partial charge in [-0.25, -0.2) is 0 Å². The Morgan fingerprint density at radius 1 is 1.14 bits per heavy atom. The van der Waals surface area contributed by atoms with Gasteiger partial charge in [-0.1, -0.05) is 35.9 Å². The lowest BCUT2D eigenvalue weighted by atomic mass is 10.1. The fourth-order valence-corrected chi connectivity index (χ4v) is 2.99. The maximum absolute atomic E-state index is 12.6. The largest absolute Gasteiger partial charge is 0.455 e. The molecule has 0 saturated carbocycles. The van der Waals surface area contributed by atoms with E-state index in [9.17, 15) is 9.59 Å². The average molecular weight is 375 g/mol. The molecule has 3 aromatic rings. The van der Waals surface area contributed by atoms with E-state index in [-0.39, 0.29) is 31.9 Å². The van der Waals surface area contributed by atoms with Gasteiger partial charge in [0, 0.05) is 29.3 Å². The predicted octanol–water partition coefficient (Wildman–Crippen LogP) is 3.51. The summed E-state index contributed by atoms with van der Waals surface area (Å²) in [6.07, 6.45) is 2.06. The Morgan fingerprint density at radius 3 is 2.64 bits per heavy atom. The van der Waals surface area contributed by atoms with Crippen LogP contribution in [-0.2, 0) is 20.7 Å². The minimum atomic E-state index is -0.470. The van der Waals surface area contributed by atoms with E-state index in [2.05, 4.69) is 4.98 Å². The zero-order valence-electron chi connectivity index (χ0n) is 15.6. The van der Waals surface area contributed by atoms with Crippen LogP contribution in [0.1, 0.15) is 17.5 Å². The number of aromatic nitrogens is 1. The molecule has 1 amide bonds. The maximum atomic E-state index is 12.6. The number of H-pyrrole nitrogens is 1. The number of fused-ring (bicyclic) bond motifs is 1. The van der Waals surface area contributed by atoms with Crippen molar-refractivity contribution in [3.05, 3.63) is 65.9 Å². The SMILES string of the molecule is Cc1ccc(N(CCC#N)C(=O)COC(=O)Cc2c[nH]c3ccccc23)cc1. The zero-order valence-corrected chi connectivity index (χ0v) is 15.6. The zero-order chi connectivity index (χ0) is 19.9. The number of aromatic amines is 1. The Hall–Kier alpha value is -3.59. The molecular weight excluding hydrogens is 354 g/mol. The lowest BCUT2D eigenvalue weighted by Gasteiger charge is -2.21. The highest BCUT2D eigenvalue weighted by molar-refractivity contribution is 5.95. The second-order valence-corrected chi connectivity index (χ2v) is 6.49. The number of esters is 1. The van der Waals surface area contributed by atoms with E-state index >= 15 is 0 Å². The molecule has 0 aliphatic carbocycles. The standard InChI is InChI=1S/C22H21N3O3/c1-16-7-9-18(10-8-16)25(12-4-11-23)21(26)15-28-22(27)13-17-14-24-20-6-3-2-5-19(17)20/h2-3,5-10,14,24H,4,12-13,15H2,1H3. The number of amides is 1. The number of hydrogen-bond donors (Lipinski definition) is 1. The molecular formula is C22H21N3O3. The van der Waals surface area contributed by atoms with E-state index in [0.717, 1.165) is 22.0 Å². The number of benzene rings is 2. The molecule has 0 aliphatic heterocycles. The Bertz CT molecular complexity index is 1020. The second kappa shape index (κ2) is 8.87. The molecule has 142 valence electrons. The van der Waals surface area contributed by atoms with Crippen molar-refractivity contribution in [2.24, 2.45) is 0 Å². The van der Waals surface area contributed by atoms with Crippen LogP contribution in [0, 0.1) is 18.3 Å². The number of nitrogens with one attached hydrogen (secondary N) is 1. The molecule has 1 heterocycles. The predicted molar refractivity (Wildman–Crippen MR) is 107 cm³/mol. The summed E-state index contributed by atoms with van der Waals surface area (Å²) in [5.74, 6) is -0.825. The summed E-state index contributed by atoms with van der Waals surface area (Å²) >= 11 is 0. The van der Waals surface area contributed by atoms with Crippen molar-refractivity contribution in [1.29, 1.82) is 5.26 Å². The van der Waals surface area contributed by atoms with Crippen molar-refractivity contribution < 1.29 is 14.3 Å². The molecule has 0 spiro atoms. The van der Waals surface area contributed by atoms with Gasteiger partial charge in [-0.2, -0.15) is 5.26 Å². The lowest BCUT2D eigenvalue weighted by Crippen LogP contribution is -2.35. The number of ether oxygens (including phenoxy) is 1. The molecule has 1 aromatic heterocycles. The molecule has 0 saturated heterocycles. The van der Waals surface area contributed by atoms with Crippen molar-refractivity contribution in [3.63, 3.8) is 0 Å². The molecule has 0 aliphatic rings. The summed E-state index contributed by atoms with van der Waals surface area (Å²) in [4.78, 5) is 29.4. The second-order valence-electron chi connectivity index (χ2n) is 6.49. The molecule has 3 rings (SSSR count). The molecule has 1 N–H and O–H groups in total. The van der Waals surface area contributed by atoms with Crippen LogP contribution in [0.5, 0.6) is 0 Å². The van der Waals surface area contributed by atoms with E-state index in [0.29, 0.717) is 5.69 Å². The number of nitrogens with zero attached hydrogens (tertiary/aromatic N) is 2. The summed E-state index contributed by atoms with van der Waals surface area (Å²) in [5.41, 5.74) is 3.52. The van der Waals surface area contributed by atoms with Crippen molar-refractivity contribution >= 4 is 28.5 Å². The average Bonchev–Trinajstić information content (AvgIpc) is 3.11. The van der Waals surface area contributed by atoms with Gasteiger partial charge in [0.1, 0.15) is 0 Å². The van der Waals surface area contributed by atoms with Crippen LogP contribution in [0.3, 0.4) is 0 Å². The number of hydrogen-bond acceptors (Lipinski definition) is 4. The van der Waals surface area contributed by atoms with Gasteiger partial charge in [0.05, 0.1) is 18.9 Å².